The van der Waals surface area contributed by atoms with Crippen LogP contribution in [-0.4, -0.2) is 52.8 Å². The Morgan fingerprint density at radius 1 is 1.17 bits per heavy atom. The molecule has 6 nitrogen and oxygen atoms in total. The predicted octanol–water partition coefficient (Wildman–Crippen LogP) is 0.329. The Morgan fingerprint density at radius 3 is 2.33 bits per heavy atom. The van der Waals surface area contributed by atoms with Crippen molar-refractivity contribution < 1.29 is 14.4 Å². The van der Waals surface area contributed by atoms with E-state index in [1.165, 1.54) is 0 Å². The lowest BCUT2D eigenvalue weighted by molar-refractivity contribution is -0.154. The summed E-state index contributed by atoms with van der Waals surface area (Å²) >= 11 is 0. The van der Waals surface area contributed by atoms with Crippen molar-refractivity contribution in [1.29, 1.82) is 0 Å². The predicted molar refractivity (Wildman–Crippen MR) is 64.8 cm³/mol. The van der Waals surface area contributed by atoms with Gasteiger partial charge < -0.3 is 0 Å². The van der Waals surface area contributed by atoms with Gasteiger partial charge in [-0.2, -0.15) is 0 Å². The van der Waals surface area contributed by atoms with Gasteiger partial charge in [-0.3, -0.25) is 24.7 Å². The number of hydrogen-bond acceptors (Lipinski definition) is 4. The molecule has 0 aromatic carbocycles. The maximum Gasteiger partial charge on any atom is 0.330 e. The molecule has 6 heteroatoms. The number of nitrogens with one attached hydrogen (secondary N) is 1. The van der Waals surface area contributed by atoms with Crippen molar-refractivity contribution in [1.82, 2.24) is 15.1 Å². The molecule has 100 valence electrons. The van der Waals surface area contributed by atoms with Gasteiger partial charge in [-0.1, -0.05) is 6.42 Å². The number of amides is 4. The molecule has 1 atom stereocenters. The molecule has 0 spiro atoms. The van der Waals surface area contributed by atoms with E-state index in [1.54, 1.807) is 13.8 Å². The highest BCUT2D eigenvalue weighted by Gasteiger charge is 2.53. The van der Waals surface area contributed by atoms with Crippen molar-refractivity contribution in [3.8, 4) is 0 Å². The van der Waals surface area contributed by atoms with Crippen LogP contribution >= 0.6 is 0 Å². The third kappa shape index (κ3) is 1.80. The normalized spacial score (nSPS) is 30.6. The van der Waals surface area contributed by atoms with Crippen LogP contribution in [0.25, 0.3) is 0 Å². The van der Waals surface area contributed by atoms with Crippen LogP contribution in [0.4, 0.5) is 4.79 Å². The Balaban J connectivity index is 2.30. The fourth-order valence-corrected chi connectivity index (χ4v) is 2.65. The summed E-state index contributed by atoms with van der Waals surface area (Å²) in [7, 11) is 0. The molecule has 0 aromatic rings. The van der Waals surface area contributed by atoms with Crippen molar-refractivity contribution in [2.24, 2.45) is 0 Å². The average Bonchev–Trinajstić information content (AvgIpc) is 2.38. The second kappa shape index (κ2) is 4.68. The minimum absolute atomic E-state index is 0.279. The zero-order chi connectivity index (χ0) is 13.3. The highest BCUT2D eigenvalue weighted by atomic mass is 16.2. The molecule has 1 N–H and O–H groups in total. The number of imide groups is 2. The van der Waals surface area contributed by atoms with Gasteiger partial charge in [0.2, 0.25) is 0 Å². The molecular weight excluding hydrogens is 234 g/mol. The standard InChI is InChI=1S/C12H19N3O3/c1-3-15-10(17)12(2,9(16)13-11(15)18)14-7-5-4-6-8-14/h3-8H2,1-2H3,(H,13,16,18)/t12-/m1/s1. The average molecular weight is 253 g/mol. The largest absolute Gasteiger partial charge is 0.330 e. The van der Waals surface area contributed by atoms with Crippen molar-refractivity contribution in [2.75, 3.05) is 19.6 Å². The Labute approximate surface area is 106 Å². The Morgan fingerprint density at radius 2 is 1.78 bits per heavy atom. The Bertz CT molecular complexity index is 390. The molecule has 18 heavy (non-hydrogen) atoms. The Kier molecular flexibility index (Phi) is 3.38. The molecule has 0 aliphatic carbocycles. The maximum absolute atomic E-state index is 12.4. The van der Waals surface area contributed by atoms with Gasteiger partial charge in [-0.25, -0.2) is 4.79 Å². The first kappa shape index (κ1) is 13.0. The summed E-state index contributed by atoms with van der Waals surface area (Å²) in [6.07, 6.45) is 3.09. The monoisotopic (exact) mass is 253 g/mol. The number of urea groups is 1. The van der Waals surface area contributed by atoms with E-state index in [1.807, 2.05) is 4.90 Å². The van der Waals surface area contributed by atoms with E-state index in [0.29, 0.717) is 0 Å². The molecule has 0 radical (unpaired) electrons. The number of barbiturate groups is 1. The first-order chi connectivity index (χ1) is 8.51. The van der Waals surface area contributed by atoms with Crippen LogP contribution in [0.3, 0.4) is 0 Å². The van der Waals surface area contributed by atoms with Gasteiger partial charge in [-0.15, -0.1) is 0 Å². The van der Waals surface area contributed by atoms with E-state index < -0.39 is 23.4 Å². The quantitative estimate of drug-likeness (QED) is 0.720. The highest BCUT2D eigenvalue weighted by Crippen LogP contribution is 2.26. The van der Waals surface area contributed by atoms with Crippen molar-refractivity contribution in [2.45, 2.75) is 38.6 Å². The maximum atomic E-state index is 12.4. The summed E-state index contributed by atoms with van der Waals surface area (Å²) in [6, 6.07) is -0.609. The number of likely N-dealkylation sites (tertiary alicyclic amines) is 1. The van der Waals surface area contributed by atoms with Crippen LogP contribution in [0.2, 0.25) is 0 Å². The minimum Gasteiger partial charge on any atom is -0.282 e. The molecule has 4 amide bonds. The summed E-state index contributed by atoms with van der Waals surface area (Å²) in [5.74, 6) is -0.898. The zero-order valence-corrected chi connectivity index (χ0v) is 10.9. The summed E-state index contributed by atoms with van der Waals surface area (Å²) in [5.41, 5.74) is -1.23. The molecule has 2 aliphatic heterocycles. The molecule has 0 aromatic heterocycles. The molecule has 2 rings (SSSR count). The molecule has 2 aliphatic rings. The number of nitrogens with zero attached hydrogens (tertiary/aromatic N) is 2. The van der Waals surface area contributed by atoms with E-state index >= 15 is 0 Å². The third-order valence-corrected chi connectivity index (χ3v) is 3.87. The van der Waals surface area contributed by atoms with Gasteiger partial charge in [0.25, 0.3) is 11.8 Å². The molecular formula is C12H19N3O3. The second-order valence-electron chi connectivity index (χ2n) is 4.93. The molecule has 2 fully saturated rings. The van der Waals surface area contributed by atoms with Crippen LogP contribution in [0.15, 0.2) is 0 Å². The number of hydrogen-bond donors (Lipinski definition) is 1. The number of rotatable bonds is 2. The van der Waals surface area contributed by atoms with Gasteiger partial charge >= 0.3 is 6.03 Å². The Hall–Kier alpha value is -1.43. The van der Waals surface area contributed by atoms with Gasteiger partial charge in [0.1, 0.15) is 0 Å². The molecule has 2 saturated heterocycles. The molecule has 2 heterocycles. The zero-order valence-electron chi connectivity index (χ0n) is 10.9. The van der Waals surface area contributed by atoms with E-state index in [4.69, 9.17) is 0 Å². The van der Waals surface area contributed by atoms with Gasteiger partial charge in [0.15, 0.2) is 5.54 Å². The van der Waals surface area contributed by atoms with Crippen LogP contribution in [0.1, 0.15) is 33.1 Å². The summed E-state index contributed by atoms with van der Waals surface area (Å²) < 4.78 is 0. The van der Waals surface area contributed by atoms with Crippen LogP contribution in [0, 0.1) is 0 Å². The van der Waals surface area contributed by atoms with Gasteiger partial charge in [0, 0.05) is 6.54 Å². The van der Waals surface area contributed by atoms with Crippen LogP contribution in [-0.2, 0) is 9.59 Å². The molecule has 0 unspecified atom stereocenters. The van der Waals surface area contributed by atoms with Crippen molar-refractivity contribution in [3.63, 3.8) is 0 Å². The summed E-state index contributed by atoms with van der Waals surface area (Å²) in [4.78, 5) is 39.0. The lowest BCUT2D eigenvalue weighted by atomic mass is 9.92. The van der Waals surface area contributed by atoms with Gasteiger partial charge in [0.05, 0.1) is 0 Å². The van der Waals surface area contributed by atoms with Crippen LogP contribution in [0.5, 0.6) is 0 Å². The third-order valence-electron chi connectivity index (χ3n) is 3.87. The van der Waals surface area contributed by atoms with Gasteiger partial charge in [-0.05, 0) is 39.8 Å². The fourth-order valence-electron chi connectivity index (χ4n) is 2.65. The summed E-state index contributed by atoms with van der Waals surface area (Å²) in [6.45, 7) is 5.07. The molecule has 0 saturated carbocycles. The van der Waals surface area contributed by atoms with Crippen molar-refractivity contribution >= 4 is 17.8 Å². The smallest absolute Gasteiger partial charge is 0.282 e. The number of carbonyl (C=O) groups excluding carboxylic acids is 3. The van der Waals surface area contributed by atoms with E-state index in [9.17, 15) is 14.4 Å². The molecule has 0 bridgehead atoms. The van der Waals surface area contributed by atoms with E-state index in [-0.39, 0.29) is 6.54 Å². The lowest BCUT2D eigenvalue weighted by Crippen LogP contribution is -2.73. The van der Waals surface area contributed by atoms with E-state index in [0.717, 1.165) is 37.3 Å². The number of carbonyl (C=O) groups is 3. The minimum atomic E-state index is -1.23. The lowest BCUT2D eigenvalue weighted by Gasteiger charge is -2.45. The second-order valence-corrected chi connectivity index (χ2v) is 4.93. The van der Waals surface area contributed by atoms with Crippen LogP contribution < -0.4 is 5.32 Å². The first-order valence-corrected chi connectivity index (χ1v) is 6.44. The topological polar surface area (TPSA) is 69.7 Å². The number of likely N-dealkylation sites (N-methyl/N-ethyl adjacent to an activating group) is 1. The first-order valence-electron chi connectivity index (χ1n) is 6.44. The van der Waals surface area contributed by atoms with Crippen molar-refractivity contribution in [3.05, 3.63) is 0 Å². The SMILES string of the molecule is CCN1C(=O)NC(=O)[C@@](C)(N2CCCCC2)C1=O. The highest BCUT2D eigenvalue weighted by molar-refractivity contribution is 6.22. The van der Waals surface area contributed by atoms with E-state index in [2.05, 4.69) is 5.32 Å². The summed E-state index contributed by atoms with van der Waals surface area (Å²) in [5, 5.41) is 2.28. The number of piperidine rings is 1. The fraction of sp³-hybridized carbons (Fsp3) is 0.750.